The molecule has 0 bridgehead atoms. The molecule has 5 nitrogen and oxygen atoms in total. The number of carbonyl (C=O) groups excluding carboxylic acids is 1. The fourth-order valence-electron chi connectivity index (χ4n) is 4.60. The van der Waals surface area contributed by atoms with E-state index >= 15 is 0 Å². The van der Waals surface area contributed by atoms with Crippen LogP contribution in [0.4, 0.5) is 13.6 Å². The number of piperidine rings is 1. The minimum atomic E-state index is -2.69. The van der Waals surface area contributed by atoms with Gasteiger partial charge in [0.05, 0.1) is 5.41 Å². The van der Waals surface area contributed by atoms with Crippen LogP contribution < -0.4 is 0 Å². The molecule has 1 N–H and O–H groups in total. The molecule has 1 aliphatic heterocycles. The number of likely N-dealkylation sites (tertiary alicyclic amines) is 1. The number of alkyl halides is 2. The summed E-state index contributed by atoms with van der Waals surface area (Å²) in [6.07, 6.45) is -3.93. The van der Waals surface area contributed by atoms with E-state index in [0.29, 0.717) is 0 Å². The summed E-state index contributed by atoms with van der Waals surface area (Å²) in [6.45, 7) is 0.357. The van der Waals surface area contributed by atoms with Gasteiger partial charge in [0.15, 0.2) is 0 Å². The average molecular weight is 415 g/mol. The van der Waals surface area contributed by atoms with E-state index in [1.165, 1.54) is 4.90 Å². The first-order valence-electron chi connectivity index (χ1n) is 10.0. The van der Waals surface area contributed by atoms with Crippen LogP contribution in [0, 0.1) is 5.41 Å². The van der Waals surface area contributed by atoms with Crippen molar-refractivity contribution in [3.8, 4) is 11.1 Å². The van der Waals surface area contributed by atoms with Crippen LogP contribution in [0.25, 0.3) is 11.1 Å². The predicted octanol–water partition coefficient (Wildman–Crippen LogP) is 4.76. The summed E-state index contributed by atoms with van der Waals surface area (Å²) in [5.74, 6) is -1.29. The largest absolute Gasteiger partial charge is 0.481 e. The molecule has 2 aromatic rings. The van der Waals surface area contributed by atoms with Crippen molar-refractivity contribution in [2.45, 2.75) is 31.6 Å². The van der Waals surface area contributed by atoms with Gasteiger partial charge in [0, 0.05) is 25.4 Å². The van der Waals surface area contributed by atoms with Crippen LogP contribution in [0.3, 0.4) is 0 Å². The molecule has 30 heavy (non-hydrogen) atoms. The highest BCUT2D eigenvalue weighted by atomic mass is 19.3. The minimum Gasteiger partial charge on any atom is -0.481 e. The van der Waals surface area contributed by atoms with Crippen molar-refractivity contribution >= 4 is 12.1 Å². The van der Waals surface area contributed by atoms with Crippen LogP contribution in [0.1, 0.15) is 36.3 Å². The Balaban J connectivity index is 1.41. The zero-order valence-corrected chi connectivity index (χ0v) is 16.4. The third-order valence-corrected chi connectivity index (χ3v) is 6.31. The van der Waals surface area contributed by atoms with Crippen LogP contribution in [0.15, 0.2) is 48.5 Å². The summed E-state index contributed by atoms with van der Waals surface area (Å²) < 4.78 is 31.3. The third kappa shape index (κ3) is 3.64. The highest BCUT2D eigenvalue weighted by Gasteiger charge is 2.44. The van der Waals surface area contributed by atoms with Crippen molar-refractivity contribution in [2.24, 2.45) is 5.41 Å². The van der Waals surface area contributed by atoms with Crippen molar-refractivity contribution in [1.82, 2.24) is 4.90 Å². The standard InChI is InChI=1S/C23H23F2NO4/c24-20(25)13-23(21(27)28)9-11-26(12-10-23)22(29)30-14-19-17-7-3-1-5-15(17)16-6-2-4-8-18(16)19/h1-8,19-20H,9-14H2,(H,27,28). The zero-order chi connectivity index (χ0) is 21.3. The second-order valence-electron chi connectivity index (χ2n) is 7.97. The Morgan fingerprint density at radius 2 is 1.57 bits per heavy atom. The molecule has 0 spiro atoms. The Morgan fingerprint density at radius 1 is 1.03 bits per heavy atom. The van der Waals surface area contributed by atoms with Crippen LogP contribution in [0.2, 0.25) is 0 Å². The lowest BCUT2D eigenvalue weighted by Gasteiger charge is -2.38. The second-order valence-corrected chi connectivity index (χ2v) is 7.97. The molecule has 1 fully saturated rings. The van der Waals surface area contributed by atoms with Gasteiger partial charge in [-0.25, -0.2) is 13.6 Å². The monoisotopic (exact) mass is 415 g/mol. The predicted molar refractivity (Wildman–Crippen MR) is 107 cm³/mol. The van der Waals surface area contributed by atoms with E-state index in [1.807, 2.05) is 36.4 Å². The van der Waals surface area contributed by atoms with Crippen molar-refractivity contribution in [3.05, 3.63) is 59.7 Å². The van der Waals surface area contributed by atoms with Gasteiger partial charge >= 0.3 is 12.1 Å². The molecule has 1 aliphatic carbocycles. The highest BCUT2D eigenvalue weighted by Crippen LogP contribution is 2.44. The summed E-state index contributed by atoms with van der Waals surface area (Å²) in [6, 6.07) is 16.0. The molecular formula is C23H23F2NO4. The number of amides is 1. The van der Waals surface area contributed by atoms with Gasteiger partial charge in [0.1, 0.15) is 6.61 Å². The van der Waals surface area contributed by atoms with E-state index in [4.69, 9.17) is 4.74 Å². The summed E-state index contributed by atoms with van der Waals surface area (Å²) in [5, 5.41) is 9.43. The molecule has 0 unspecified atom stereocenters. The maximum atomic E-state index is 12.8. The molecule has 0 radical (unpaired) electrons. The fraction of sp³-hybridized carbons (Fsp3) is 0.391. The minimum absolute atomic E-state index is 0.00311. The van der Waals surface area contributed by atoms with E-state index in [0.717, 1.165) is 22.3 Å². The summed E-state index contributed by atoms with van der Waals surface area (Å²) in [7, 11) is 0. The number of hydrogen-bond acceptors (Lipinski definition) is 3. The van der Waals surface area contributed by atoms with Crippen molar-refractivity contribution in [3.63, 3.8) is 0 Å². The quantitative estimate of drug-likeness (QED) is 0.765. The number of carboxylic acid groups (broad SMARTS) is 1. The van der Waals surface area contributed by atoms with Gasteiger partial charge in [-0.1, -0.05) is 48.5 Å². The average Bonchev–Trinajstić information content (AvgIpc) is 3.06. The molecule has 0 atom stereocenters. The first kappa shape index (κ1) is 20.3. The number of hydrogen-bond donors (Lipinski definition) is 1. The smallest absolute Gasteiger partial charge is 0.409 e. The van der Waals surface area contributed by atoms with Crippen molar-refractivity contribution in [2.75, 3.05) is 19.7 Å². The van der Waals surface area contributed by atoms with Gasteiger partial charge in [-0.2, -0.15) is 0 Å². The summed E-state index contributed by atoms with van der Waals surface area (Å²) in [4.78, 5) is 25.6. The van der Waals surface area contributed by atoms with Gasteiger partial charge in [0.25, 0.3) is 0 Å². The number of fused-ring (bicyclic) bond motifs is 3. The summed E-state index contributed by atoms with van der Waals surface area (Å²) in [5.41, 5.74) is 2.99. The van der Waals surface area contributed by atoms with Gasteiger partial charge in [0.2, 0.25) is 6.43 Å². The zero-order valence-electron chi connectivity index (χ0n) is 16.4. The fourth-order valence-corrected chi connectivity index (χ4v) is 4.60. The molecule has 2 aliphatic rings. The van der Waals surface area contributed by atoms with Crippen LogP contribution >= 0.6 is 0 Å². The molecule has 1 saturated heterocycles. The van der Waals surface area contributed by atoms with Crippen molar-refractivity contribution in [1.29, 1.82) is 0 Å². The van der Waals surface area contributed by atoms with Gasteiger partial charge < -0.3 is 14.7 Å². The number of rotatable bonds is 5. The van der Waals surface area contributed by atoms with E-state index in [-0.39, 0.29) is 38.5 Å². The molecule has 158 valence electrons. The number of carboxylic acids is 1. The lowest BCUT2D eigenvalue weighted by molar-refractivity contribution is -0.155. The van der Waals surface area contributed by atoms with Crippen molar-refractivity contribution < 1.29 is 28.2 Å². The van der Waals surface area contributed by atoms with Gasteiger partial charge in [-0.05, 0) is 35.1 Å². The lowest BCUT2D eigenvalue weighted by Crippen LogP contribution is -2.47. The molecule has 7 heteroatoms. The normalized spacial score (nSPS) is 17.5. The van der Waals surface area contributed by atoms with Crippen LogP contribution in [-0.2, 0) is 9.53 Å². The molecule has 0 aromatic heterocycles. The number of halogens is 2. The molecule has 2 aromatic carbocycles. The Hall–Kier alpha value is -2.96. The number of nitrogens with zero attached hydrogens (tertiary/aromatic N) is 1. The maximum absolute atomic E-state index is 12.8. The van der Waals surface area contributed by atoms with Crippen LogP contribution in [0.5, 0.6) is 0 Å². The molecule has 4 rings (SSSR count). The number of aliphatic carboxylic acids is 1. The Kier molecular flexibility index (Phi) is 5.45. The molecule has 0 saturated carbocycles. The number of ether oxygens (including phenoxy) is 1. The SMILES string of the molecule is O=C(OCC1c2ccccc2-c2ccccc21)N1CCC(CC(F)F)(C(=O)O)CC1. The molecule has 1 heterocycles. The van der Waals surface area contributed by atoms with E-state index < -0.39 is 30.3 Å². The lowest BCUT2D eigenvalue weighted by atomic mass is 9.76. The van der Waals surface area contributed by atoms with E-state index in [9.17, 15) is 23.5 Å². The Bertz CT molecular complexity index is 908. The van der Waals surface area contributed by atoms with E-state index in [1.54, 1.807) is 0 Å². The Morgan fingerprint density at radius 3 is 2.07 bits per heavy atom. The van der Waals surface area contributed by atoms with Gasteiger partial charge in [-0.3, -0.25) is 4.79 Å². The topological polar surface area (TPSA) is 66.8 Å². The first-order chi connectivity index (χ1) is 14.4. The van der Waals surface area contributed by atoms with E-state index in [2.05, 4.69) is 12.1 Å². The van der Waals surface area contributed by atoms with Crippen LogP contribution in [-0.4, -0.2) is 48.2 Å². The highest BCUT2D eigenvalue weighted by molar-refractivity contribution is 5.79. The maximum Gasteiger partial charge on any atom is 0.409 e. The second kappa shape index (κ2) is 8.05. The third-order valence-electron chi connectivity index (χ3n) is 6.31. The summed E-state index contributed by atoms with van der Waals surface area (Å²) >= 11 is 0. The Labute approximate surface area is 173 Å². The van der Waals surface area contributed by atoms with Gasteiger partial charge in [-0.15, -0.1) is 0 Å². The number of carbonyl (C=O) groups is 2. The number of benzene rings is 2. The molecule has 1 amide bonds. The first-order valence-corrected chi connectivity index (χ1v) is 10.0. The molecular weight excluding hydrogens is 392 g/mol.